The molecule has 3 aromatic heterocycles. The minimum absolute atomic E-state index is 0.113. The molecule has 0 radical (unpaired) electrons. The molecule has 0 unspecified atom stereocenters. The van der Waals surface area contributed by atoms with E-state index in [9.17, 15) is 14.7 Å². The van der Waals surface area contributed by atoms with Crippen LogP contribution in [0.15, 0.2) is 63.9 Å². The number of furan rings is 1. The van der Waals surface area contributed by atoms with Crippen LogP contribution in [0, 0.1) is 0 Å². The Morgan fingerprint density at radius 3 is 2.60 bits per heavy atom. The van der Waals surface area contributed by atoms with Crippen molar-refractivity contribution in [1.82, 2.24) is 9.38 Å². The quantitative estimate of drug-likeness (QED) is 0.445. The Morgan fingerprint density at radius 1 is 1.20 bits per heavy atom. The minimum atomic E-state index is -1.14. The van der Waals surface area contributed by atoms with Gasteiger partial charge in [-0.15, -0.1) is 0 Å². The van der Waals surface area contributed by atoms with Gasteiger partial charge >= 0.3 is 5.97 Å². The van der Waals surface area contributed by atoms with Crippen LogP contribution in [0.4, 0.5) is 11.5 Å². The van der Waals surface area contributed by atoms with Gasteiger partial charge in [-0.25, -0.2) is 9.78 Å². The van der Waals surface area contributed by atoms with Crippen LogP contribution in [0.2, 0.25) is 0 Å². The second-order valence-electron chi connectivity index (χ2n) is 6.34. The maximum atomic E-state index is 12.7. The van der Waals surface area contributed by atoms with Crippen molar-refractivity contribution in [3.05, 3.63) is 76.4 Å². The molecule has 152 valence electrons. The highest BCUT2D eigenvalue weighted by Gasteiger charge is 2.15. The van der Waals surface area contributed by atoms with Gasteiger partial charge in [0.1, 0.15) is 11.6 Å². The molecule has 0 atom stereocenters. The maximum Gasteiger partial charge on any atom is 0.371 e. The number of rotatable bonds is 6. The van der Waals surface area contributed by atoms with E-state index in [-0.39, 0.29) is 17.1 Å². The second kappa shape index (κ2) is 7.72. The number of aromatic nitrogens is 2. The summed E-state index contributed by atoms with van der Waals surface area (Å²) in [5.41, 5.74) is 1.32. The molecule has 0 fully saturated rings. The molecule has 30 heavy (non-hydrogen) atoms. The standard InChI is InChI=1S/C21H17N3O6/c1-29-16-3-2-10-24-19(16)23-18(14(11-25)20(24)26)22-13-6-4-12(5-7-13)15-8-9-17(30-15)21(27)28/h2-10,22,25H,11H2,1H3,(H,27,28). The summed E-state index contributed by atoms with van der Waals surface area (Å²) in [6, 6.07) is 13.2. The van der Waals surface area contributed by atoms with Crippen LogP contribution in [0.25, 0.3) is 17.0 Å². The van der Waals surface area contributed by atoms with E-state index in [0.717, 1.165) is 0 Å². The zero-order valence-corrected chi connectivity index (χ0v) is 15.8. The highest BCUT2D eigenvalue weighted by molar-refractivity contribution is 5.85. The Bertz CT molecular complexity index is 1290. The van der Waals surface area contributed by atoms with Crippen LogP contribution >= 0.6 is 0 Å². The van der Waals surface area contributed by atoms with Crippen LogP contribution in [0.1, 0.15) is 16.1 Å². The average Bonchev–Trinajstić information content (AvgIpc) is 3.25. The van der Waals surface area contributed by atoms with Crippen LogP contribution in [-0.2, 0) is 6.61 Å². The summed E-state index contributed by atoms with van der Waals surface area (Å²) in [4.78, 5) is 28.2. The molecule has 0 aliphatic carbocycles. The molecule has 4 rings (SSSR count). The number of aliphatic hydroxyl groups excluding tert-OH is 1. The molecule has 0 spiro atoms. The molecule has 1 aromatic carbocycles. The van der Waals surface area contributed by atoms with Crippen LogP contribution in [0.3, 0.4) is 0 Å². The van der Waals surface area contributed by atoms with E-state index in [2.05, 4.69) is 10.3 Å². The van der Waals surface area contributed by atoms with Gasteiger partial charge in [-0.2, -0.15) is 0 Å². The zero-order valence-electron chi connectivity index (χ0n) is 15.8. The fraction of sp³-hybridized carbons (Fsp3) is 0.0952. The lowest BCUT2D eigenvalue weighted by Crippen LogP contribution is -2.22. The van der Waals surface area contributed by atoms with Crippen molar-refractivity contribution in [3.63, 3.8) is 0 Å². The first-order chi connectivity index (χ1) is 14.5. The number of nitrogens with zero attached hydrogens (tertiary/aromatic N) is 2. The van der Waals surface area contributed by atoms with Gasteiger partial charge in [-0.3, -0.25) is 9.20 Å². The number of hydrogen-bond donors (Lipinski definition) is 3. The number of methoxy groups -OCH3 is 1. The normalized spacial score (nSPS) is 10.9. The summed E-state index contributed by atoms with van der Waals surface area (Å²) < 4.78 is 11.9. The van der Waals surface area contributed by atoms with E-state index in [1.54, 1.807) is 48.7 Å². The van der Waals surface area contributed by atoms with Gasteiger partial charge in [0.15, 0.2) is 11.4 Å². The van der Waals surface area contributed by atoms with E-state index in [0.29, 0.717) is 28.4 Å². The first kappa shape index (κ1) is 19.2. The highest BCUT2D eigenvalue weighted by Crippen LogP contribution is 2.26. The van der Waals surface area contributed by atoms with Gasteiger partial charge in [0, 0.05) is 17.4 Å². The molecule has 3 heterocycles. The molecule has 0 bridgehead atoms. The number of hydrogen-bond acceptors (Lipinski definition) is 7. The number of carboxylic acid groups (broad SMARTS) is 1. The fourth-order valence-corrected chi connectivity index (χ4v) is 3.04. The number of nitrogens with one attached hydrogen (secondary N) is 1. The SMILES string of the molecule is COc1cccn2c(=O)c(CO)c(Nc3ccc(-c4ccc(C(=O)O)o4)cc3)nc12. The molecular formula is C21H17N3O6. The molecule has 0 saturated carbocycles. The number of carbonyl (C=O) groups is 1. The van der Waals surface area contributed by atoms with Gasteiger partial charge in [-0.1, -0.05) is 0 Å². The van der Waals surface area contributed by atoms with E-state index < -0.39 is 18.1 Å². The van der Waals surface area contributed by atoms with Crippen molar-refractivity contribution in [3.8, 4) is 17.1 Å². The van der Waals surface area contributed by atoms with Crippen molar-refractivity contribution in [2.75, 3.05) is 12.4 Å². The Hall–Kier alpha value is -4.11. The zero-order chi connectivity index (χ0) is 21.3. The number of aliphatic hydroxyl groups is 1. The topological polar surface area (TPSA) is 126 Å². The molecule has 3 N–H and O–H groups in total. The van der Waals surface area contributed by atoms with Gasteiger partial charge in [0.25, 0.3) is 5.56 Å². The largest absolute Gasteiger partial charge is 0.493 e. The van der Waals surface area contributed by atoms with E-state index in [4.69, 9.17) is 14.3 Å². The molecule has 0 aliphatic heterocycles. The fourth-order valence-electron chi connectivity index (χ4n) is 3.04. The summed E-state index contributed by atoms with van der Waals surface area (Å²) in [6.45, 7) is -0.489. The van der Waals surface area contributed by atoms with Crippen molar-refractivity contribution in [2.24, 2.45) is 0 Å². The number of ether oxygens (including phenoxy) is 1. The number of pyridine rings is 1. The predicted molar refractivity (Wildman–Crippen MR) is 108 cm³/mol. The lowest BCUT2D eigenvalue weighted by Gasteiger charge is -2.13. The third kappa shape index (κ3) is 3.38. The van der Waals surface area contributed by atoms with Crippen LogP contribution < -0.4 is 15.6 Å². The first-order valence-electron chi connectivity index (χ1n) is 8.91. The second-order valence-corrected chi connectivity index (χ2v) is 6.34. The molecule has 4 aromatic rings. The Morgan fingerprint density at radius 2 is 1.97 bits per heavy atom. The third-order valence-corrected chi connectivity index (χ3v) is 4.54. The van der Waals surface area contributed by atoms with Gasteiger partial charge in [0.2, 0.25) is 5.76 Å². The van der Waals surface area contributed by atoms with Gasteiger partial charge in [0.05, 0.1) is 19.3 Å². The van der Waals surface area contributed by atoms with Gasteiger partial charge < -0.3 is 24.7 Å². The molecular weight excluding hydrogens is 390 g/mol. The Kier molecular flexibility index (Phi) is 4.95. The van der Waals surface area contributed by atoms with Gasteiger partial charge in [-0.05, 0) is 48.5 Å². The predicted octanol–water partition coefficient (Wildman–Crippen LogP) is 2.90. The summed E-state index contributed by atoms with van der Waals surface area (Å²) in [7, 11) is 1.48. The Balaban J connectivity index is 1.69. The van der Waals surface area contributed by atoms with Crippen molar-refractivity contribution >= 4 is 23.1 Å². The monoisotopic (exact) mass is 407 g/mol. The summed E-state index contributed by atoms with van der Waals surface area (Å²) in [5, 5.41) is 21.7. The summed E-state index contributed by atoms with van der Waals surface area (Å²) >= 11 is 0. The number of benzene rings is 1. The lowest BCUT2D eigenvalue weighted by atomic mass is 10.1. The van der Waals surface area contributed by atoms with E-state index >= 15 is 0 Å². The smallest absolute Gasteiger partial charge is 0.371 e. The minimum Gasteiger partial charge on any atom is -0.493 e. The number of fused-ring (bicyclic) bond motifs is 1. The summed E-state index contributed by atoms with van der Waals surface area (Å²) in [6.07, 6.45) is 1.56. The van der Waals surface area contributed by atoms with E-state index in [1.165, 1.54) is 17.6 Å². The molecule has 0 amide bonds. The highest BCUT2D eigenvalue weighted by atomic mass is 16.5. The first-order valence-corrected chi connectivity index (χ1v) is 8.91. The van der Waals surface area contributed by atoms with Crippen molar-refractivity contribution in [2.45, 2.75) is 6.61 Å². The third-order valence-electron chi connectivity index (χ3n) is 4.54. The van der Waals surface area contributed by atoms with E-state index in [1.807, 2.05) is 0 Å². The molecule has 9 heteroatoms. The summed E-state index contributed by atoms with van der Waals surface area (Å²) in [5.74, 6) is -0.230. The van der Waals surface area contributed by atoms with Crippen LogP contribution in [0.5, 0.6) is 5.75 Å². The molecule has 9 nitrogen and oxygen atoms in total. The number of anilines is 2. The maximum absolute atomic E-state index is 12.7. The average molecular weight is 407 g/mol. The van der Waals surface area contributed by atoms with Crippen molar-refractivity contribution < 1.29 is 24.2 Å². The lowest BCUT2D eigenvalue weighted by molar-refractivity contribution is 0.0663. The van der Waals surface area contributed by atoms with Crippen LogP contribution in [-0.4, -0.2) is 32.7 Å². The Labute approximate surface area is 169 Å². The molecule has 0 aliphatic rings. The number of carboxylic acids is 1. The van der Waals surface area contributed by atoms with Crippen molar-refractivity contribution in [1.29, 1.82) is 0 Å². The molecule has 0 saturated heterocycles. The number of aromatic carboxylic acids is 1.